The summed E-state index contributed by atoms with van der Waals surface area (Å²) in [4.78, 5) is 8.20. The first-order chi connectivity index (χ1) is 6.81. The average molecular weight is 189 g/mol. The average Bonchev–Trinajstić information content (AvgIpc) is 2.65. The van der Waals surface area contributed by atoms with Crippen molar-refractivity contribution < 1.29 is 4.74 Å². The molecule has 0 aromatic carbocycles. The van der Waals surface area contributed by atoms with Gasteiger partial charge in [0.05, 0.1) is 25.3 Å². The van der Waals surface area contributed by atoms with Crippen molar-refractivity contribution in [3.63, 3.8) is 0 Å². The smallest absolute Gasteiger partial charge is 0.146 e. The van der Waals surface area contributed by atoms with Crippen LogP contribution in [-0.2, 0) is 0 Å². The Morgan fingerprint density at radius 3 is 2.93 bits per heavy atom. The van der Waals surface area contributed by atoms with Crippen LogP contribution < -0.4 is 4.74 Å². The van der Waals surface area contributed by atoms with Gasteiger partial charge in [-0.25, -0.2) is 4.98 Å². The van der Waals surface area contributed by atoms with Crippen molar-refractivity contribution in [3.05, 3.63) is 36.7 Å². The highest BCUT2D eigenvalue weighted by Gasteiger charge is 2.04. The summed E-state index contributed by atoms with van der Waals surface area (Å²) in [6.45, 7) is 1.94. The minimum Gasteiger partial charge on any atom is -0.494 e. The first kappa shape index (κ1) is 8.74. The summed E-state index contributed by atoms with van der Waals surface area (Å²) in [5.41, 5.74) is 1.87. The van der Waals surface area contributed by atoms with Crippen LogP contribution in [0.4, 0.5) is 0 Å². The van der Waals surface area contributed by atoms with Crippen molar-refractivity contribution in [3.8, 4) is 11.4 Å². The van der Waals surface area contributed by atoms with Crippen molar-refractivity contribution in [2.24, 2.45) is 0 Å². The van der Waals surface area contributed by atoms with Crippen molar-refractivity contribution in [2.75, 3.05) is 7.11 Å². The molecule has 0 aliphatic carbocycles. The maximum atomic E-state index is 5.22. The summed E-state index contributed by atoms with van der Waals surface area (Å²) >= 11 is 0. The quantitative estimate of drug-likeness (QED) is 0.720. The van der Waals surface area contributed by atoms with Crippen LogP contribution in [0, 0.1) is 6.92 Å². The molecule has 0 aliphatic heterocycles. The minimum atomic E-state index is 0.789. The molecular formula is C10H11N3O. The van der Waals surface area contributed by atoms with Gasteiger partial charge in [-0.2, -0.15) is 0 Å². The molecule has 0 unspecified atom stereocenters. The molecule has 0 saturated carbocycles. The standard InChI is InChI=1S/C10H11N3O/c1-8-6-13(7-12-8)9-5-11-4-3-10(9)14-2/h3-7H,1-2H3. The van der Waals surface area contributed by atoms with Gasteiger partial charge in [0.15, 0.2) is 0 Å². The van der Waals surface area contributed by atoms with E-state index in [2.05, 4.69) is 9.97 Å². The predicted molar refractivity (Wildman–Crippen MR) is 52.6 cm³/mol. The molecule has 0 saturated heterocycles. The van der Waals surface area contributed by atoms with Crippen LogP contribution in [0.1, 0.15) is 5.69 Å². The molecule has 72 valence electrons. The normalized spacial score (nSPS) is 10.1. The maximum Gasteiger partial charge on any atom is 0.146 e. The third-order valence-electron chi connectivity index (χ3n) is 1.97. The Kier molecular flexibility index (Phi) is 2.18. The van der Waals surface area contributed by atoms with E-state index in [9.17, 15) is 0 Å². The van der Waals surface area contributed by atoms with E-state index in [4.69, 9.17) is 4.74 Å². The predicted octanol–water partition coefficient (Wildman–Crippen LogP) is 1.58. The topological polar surface area (TPSA) is 39.9 Å². The molecule has 0 radical (unpaired) electrons. The fourth-order valence-corrected chi connectivity index (χ4v) is 1.29. The lowest BCUT2D eigenvalue weighted by Crippen LogP contribution is -1.95. The number of ether oxygens (including phenoxy) is 1. The first-order valence-corrected chi connectivity index (χ1v) is 4.30. The monoisotopic (exact) mass is 189 g/mol. The number of aromatic nitrogens is 3. The summed E-state index contributed by atoms with van der Waals surface area (Å²) in [5, 5.41) is 0. The van der Waals surface area contributed by atoms with Crippen LogP contribution >= 0.6 is 0 Å². The Morgan fingerprint density at radius 1 is 1.43 bits per heavy atom. The lowest BCUT2D eigenvalue weighted by atomic mass is 10.4. The Hall–Kier alpha value is -1.84. The van der Waals surface area contributed by atoms with E-state index in [0.717, 1.165) is 17.1 Å². The van der Waals surface area contributed by atoms with Gasteiger partial charge in [0.1, 0.15) is 11.4 Å². The van der Waals surface area contributed by atoms with E-state index >= 15 is 0 Å². The highest BCUT2D eigenvalue weighted by atomic mass is 16.5. The molecule has 4 heteroatoms. The SMILES string of the molecule is COc1ccncc1-n1cnc(C)c1. The molecule has 2 heterocycles. The summed E-state index contributed by atoms with van der Waals surface area (Å²) < 4.78 is 7.11. The van der Waals surface area contributed by atoms with E-state index in [-0.39, 0.29) is 0 Å². The van der Waals surface area contributed by atoms with Gasteiger partial charge < -0.3 is 9.30 Å². The van der Waals surface area contributed by atoms with Crippen LogP contribution in [0.5, 0.6) is 5.75 Å². The maximum absolute atomic E-state index is 5.22. The van der Waals surface area contributed by atoms with Crippen LogP contribution in [0.25, 0.3) is 5.69 Å². The number of methoxy groups -OCH3 is 1. The van der Waals surface area contributed by atoms with Crippen LogP contribution in [0.15, 0.2) is 31.0 Å². The Bertz CT molecular complexity index is 436. The molecule has 0 atom stereocenters. The second kappa shape index (κ2) is 3.49. The minimum absolute atomic E-state index is 0.789. The molecule has 14 heavy (non-hydrogen) atoms. The van der Waals surface area contributed by atoms with Crippen molar-refractivity contribution in [1.82, 2.24) is 14.5 Å². The molecule has 0 aliphatic rings. The molecule has 0 N–H and O–H groups in total. The highest BCUT2D eigenvalue weighted by molar-refractivity contribution is 5.44. The largest absolute Gasteiger partial charge is 0.494 e. The lowest BCUT2D eigenvalue weighted by molar-refractivity contribution is 0.412. The second-order valence-electron chi connectivity index (χ2n) is 2.97. The molecule has 0 fully saturated rings. The zero-order chi connectivity index (χ0) is 9.97. The molecule has 2 aromatic rings. The van der Waals surface area contributed by atoms with E-state index in [1.54, 1.807) is 25.8 Å². The van der Waals surface area contributed by atoms with Gasteiger partial charge in [-0.15, -0.1) is 0 Å². The molecule has 0 amide bonds. The fraction of sp³-hybridized carbons (Fsp3) is 0.200. The number of pyridine rings is 1. The molecule has 2 aromatic heterocycles. The summed E-state index contributed by atoms with van der Waals surface area (Å²) in [5.74, 6) is 0.789. The highest BCUT2D eigenvalue weighted by Crippen LogP contribution is 2.20. The molecule has 4 nitrogen and oxygen atoms in total. The lowest BCUT2D eigenvalue weighted by Gasteiger charge is -2.06. The van der Waals surface area contributed by atoms with Crippen molar-refractivity contribution >= 4 is 0 Å². The third-order valence-corrected chi connectivity index (χ3v) is 1.97. The zero-order valence-electron chi connectivity index (χ0n) is 8.14. The van der Waals surface area contributed by atoms with E-state index in [1.807, 2.05) is 23.8 Å². The Balaban J connectivity index is 2.50. The van der Waals surface area contributed by atoms with Gasteiger partial charge >= 0.3 is 0 Å². The Morgan fingerprint density at radius 2 is 2.29 bits per heavy atom. The number of aryl methyl sites for hydroxylation is 1. The Labute approximate surface area is 82.2 Å². The molecule has 0 bridgehead atoms. The number of imidazole rings is 1. The number of hydrogen-bond donors (Lipinski definition) is 0. The zero-order valence-corrected chi connectivity index (χ0v) is 8.14. The number of nitrogens with zero attached hydrogens (tertiary/aromatic N) is 3. The van der Waals surface area contributed by atoms with E-state index < -0.39 is 0 Å². The summed E-state index contributed by atoms with van der Waals surface area (Å²) in [7, 11) is 1.64. The van der Waals surface area contributed by atoms with Crippen LogP contribution in [0.3, 0.4) is 0 Å². The molecule has 0 spiro atoms. The van der Waals surface area contributed by atoms with Gasteiger partial charge in [-0.05, 0) is 6.92 Å². The first-order valence-electron chi connectivity index (χ1n) is 4.30. The third kappa shape index (κ3) is 1.46. The number of rotatable bonds is 2. The van der Waals surface area contributed by atoms with Crippen LogP contribution in [0.2, 0.25) is 0 Å². The van der Waals surface area contributed by atoms with Gasteiger partial charge in [-0.1, -0.05) is 0 Å². The second-order valence-corrected chi connectivity index (χ2v) is 2.97. The van der Waals surface area contributed by atoms with Crippen molar-refractivity contribution in [2.45, 2.75) is 6.92 Å². The molecule has 2 rings (SSSR count). The van der Waals surface area contributed by atoms with Crippen LogP contribution in [-0.4, -0.2) is 21.6 Å². The van der Waals surface area contributed by atoms with E-state index in [0.29, 0.717) is 0 Å². The molecular weight excluding hydrogens is 178 g/mol. The summed E-state index contributed by atoms with van der Waals surface area (Å²) in [6.07, 6.45) is 7.13. The van der Waals surface area contributed by atoms with Gasteiger partial charge in [0.2, 0.25) is 0 Å². The van der Waals surface area contributed by atoms with Gasteiger partial charge in [0, 0.05) is 18.5 Å². The van der Waals surface area contributed by atoms with Gasteiger partial charge in [-0.3, -0.25) is 4.98 Å². The number of hydrogen-bond acceptors (Lipinski definition) is 3. The fourth-order valence-electron chi connectivity index (χ4n) is 1.29. The van der Waals surface area contributed by atoms with E-state index in [1.165, 1.54) is 0 Å². The van der Waals surface area contributed by atoms with Gasteiger partial charge in [0.25, 0.3) is 0 Å². The summed E-state index contributed by atoms with van der Waals surface area (Å²) in [6, 6.07) is 1.82. The van der Waals surface area contributed by atoms with Crippen molar-refractivity contribution in [1.29, 1.82) is 0 Å².